The highest BCUT2D eigenvalue weighted by atomic mass is 16.2. The normalized spacial score (nSPS) is 21.3. The highest BCUT2D eigenvalue weighted by Gasteiger charge is 2.35. The average molecular weight is 421 g/mol. The quantitative estimate of drug-likeness (QED) is 0.746. The van der Waals surface area contributed by atoms with Crippen molar-refractivity contribution < 1.29 is 9.59 Å². The van der Waals surface area contributed by atoms with Crippen molar-refractivity contribution in [3.05, 3.63) is 71.8 Å². The minimum absolute atomic E-state index is 0.0214. The number of nitrogens with one attached hydrogen (secondary N) is 1. The fourth-order valence-corrected chi connectivity index (χ4v) is 4.40. The molecule has 2 amide bonds. The molecule has 0 radical (unpaired) electrons. The van der Waals surface area contributed by atoms with Crippen molar-refractivity contribution in [3.63, 3.8) is 0 Å². The lowest BCUT2D eigenvalue weighted by Gasteiger charge is -2.35. The first-order valence-electron chi connectivity index (χ1n) is 11.2. The molecule has 2 atom stereocenters. The van der Waals surface area contributed by atoms with Gasteiger partial charge in [-0.25, -0.2) is 0 Å². The van der Waals surface area contributed by atoms with Crippen LogP contribution in [0.15, 0.2) is 60.7 Å². The standard InChI is InChI=1S/C25H32N4O2/c1-27-12-14-28(15-13-27)19-23(21-10-6-3-7-11-21)26-25(31)22-16-24(30)29(18-22)17-20-8-4-2-5-9-20/h2-11,22-23H,12-19H2,1H3,(H,26,31). The molecule has 2 aliphatic rings. The molecule has 164 valence electrons. The third kappa shape index (κ3) is 5.71. The fourth-order valence-electron chi connectivity index (χ4n) is 4.40. The summed E-state index contributed by atoms with van der Waals surface area (Å²) >= 11 is 0. The van der Waals surface area contributed by atoms with Gasteiger partial charge in [-0.3, -0.25) is 14.5 Å². The molecule has 0 aromatic heterocycles. The molecule has 2 aliphatic heterocycles. The molecular formula is C25H32N4O2. The van der Waals surface area contributed by atoms with Crippen molar-refractivity contribution in [1.82, 2.24) is 20.0 Å². The van der Waals surface area contributed by atoms with Crippen LogP contribution in [0.4, 0.5) is 0 Å². The van der Waals surface area contributed by atoms with Crippen molar-refractivity contribution >= 4 is 11.8 Å². The highest BCUT2D eigenvalue weighted by molar-refractivity contribution is 5.89. The summed E-state index contributed by atoms with van der Waals surface area (Å²) in [5.41, 5.74) is 2.20. The predicted octanol–water partition coefficient (Wildman–Crippen LogP) is 2.14. The molecule has 2 heterocycles. The Labute approximate surface area is 184 Å². The lowest BCUT2D eigenvalue weighted by Crippen LogP contribution is -2.48. The van der Waals surface area contributed by atoms with Gasteiger partial charge in [0, 0.05) is 52.2 Å². The van der Waals surface area contributed by atoms with E-state index >= 15 is 0 Å². The average Bonchev–Trinajstić information content (AvgIpc) is 3.16. The number of hydrogen-bond acceptors (Lipinski definition) is 4. The number of rotatable bonds is 7. The van der Waals surface area contributed by atoms with Gasteiger partial charge in [0.1, 0.15) is 0 Å². The second-order valence-electron chi connectivity index (χ2n) is 8.74. The Morgan fingerprint density at radius 3 is 2.32 bits per heavy atom. The molecule has 0 saturated carbocycles. The fraction of sp³-hybridized carbons (Fsp3) is 0.440. The van der Waals surface area contributed by atoms with Crippen LogP contribution in [-0.2, 0) is 16.1 Å². The van der Waals surface area contributed by atoms with Gasteiger partial charge in [0.15, 0.2) is 0 Å². The first-order chi connectivity index (χ1) is 15.1. The minimum atomic E-state index is -0.296. The zero-order valence-electron chi connectivity index (χ0n) is 18.2. The van der Waals surface area contributed by atoms with Crippen LogP contribution < -0.4 is 5.32 Å². The number of carbonyl (C=O) groups excluding carboxylic acids is 2. The zero-order valence-corrected chi connectivity index (χ0v) is 18.2. The minimum Gasteiger partial charge on any atom is -0.348 e. The number of likely N-dealkylation sites (N-methyl/N-ethyl adjacent to an activating group) is 1. The largest absolute Gasteiger partial charge is 0.348 e. The topological polar surface area (TPSA) is 55.9 Å². The molecular weight excluding hydrogens is 388 g/mol. The number of amides is 2. The number of hydrogen-bond donors (Lipinski definition) is 1. The van der Waals surface area contributed by atoms with Gasteiger partial charge in [0.05, 0.1) is 12.0 Å². The van der Waals surface area contributed by atoms with E-state index in [1.54, 1.807) is 4.90 Å². The van der Waals surface area contributed by atoms with Crippen LogP contribution in [0.25, 0.3) is 0 Å². The molecule has 2 aromatic carbocycles. The summed E-state index contributed by atoms with van der Waals surface area (Å²) in [6.45, 7) is 5.92. The van der Waals surface area contributed by atoms with Crippen LogP contribution >= 0.6 is 0 Å². The van der Waals surface area contributed by atoms with E-state index in [9.17, 15) is 9.59 Å². The molecule has 2 saturated heterocycles. The SMILES string of the molecule is CN1CCN(CC(NC(=O)C2CC(=O)N(Cc3ccccc3)C2)c2ccccc2)CC1. The predicted molar refractivity (Wildman–Crippen MR) is 121 cm³/mol. The maximum absolute atomic E-state index is 13.1. The summed E-state index contributed by atoms with van der Waals surface area (Å²) in [5, 5.41) is 3.27. The molecule has 2 fully saturated rings. The molecule has 1 N–H and O–H groups in total. The van der Waals surface area contributed by atoms with Crippen molar-refractivity contribution in [2.75, 3.05) is 46.3 Å². The second kappa shape index (κ2) is 10.1. The summed E-state index contributed by atoms with van der Waals surface area (Å²) in [7, 11) is 2.14. The highest BCUT2D eigenvalue weighted by Crippen LogP contribution is 2.23. The van der Waals surface area contributed by atoms with Gasteiger partial charge in [-0.15, -0.1) is 0 Å². The van der Waals surface area contributed by atoms with Gasteiger partial charge in [0.25, 0.3) is 0 Å². The molecule has 0 spiro atoms. The van der Waals surface area contributed by atoms with Gasteiger partial charge in [0.2, 0.25) is 11.8 Å². The summed E-state index contributed by atoms with van der Waals surface area (Å²) in [6, 6.07) is 20.0. The number of piperazine rings is 1. The summed E-state index contributed by atoms with van der Waals surface area (Å²) in [4.78, 5) is 32.2. The zero-order chi connectivity index (χ0) is 21.6. The van der Waals surface area contributed by atoms with E-state index < -0.39 is 0 Å². The van der Waals surface area contributed by atoms with E-state index in [4.69, 9.17) is 0 Å². The lowest BCUT2D eigenvalue weighted by atomic mass is 10.0. The van der Waals surface area contributed by atoms with E-state index in [0.29, 0.717) is 13.1 Å². The van der Waals surface area contributed by atoms with Gasteiger partial charge in [-0.2, -0.15) is 0 Å². The number of likely N-dealkylation sites (tertiary alicyclic amines) is 1. The molecule has 4 rings (SSSR count). The van der Waals surface area contributed by atoms with Crippen LogP contribution in [0.3, 0.4) is 0 Å². The van der Waals surface area contributed by atoms with Crippen LogP contribution in [-0.4, -0.2) is 72.8 Å². The van der Waals surface area contributed by atoms with Gasteiger partial charge < -0.3 is 15.1 Å². The number of carbonyl (C=O) groups is 2. The first-order valence-corrected chi connectivity index (χ1v) is 11.2. The molecule has 0 bridgehead atoms. The Bertz CT molecular complexity index is 866. The maximum atomic E-state index is 13.1. The molecule has 2 aromatic rings. The van der Waals surface area contributed by atoms with Crippen LogP contribution in [0.2, 0.25) is 0 Å². The van der Waals surface area contributed by atoms with Gasteiger partial charge >= 0.3 is 0 Å². The monoisotopic (exact) mass is 420 g/mol. The summed E-state index contributed by atoms with van der Waals surface area (Å²) < 4.78 is 0. The van der Waals surface area contributed by atoms with Crippen molar-refractivity contribution in [1.29, 1.82) is 0 Å². The maximum Gasteiger partial charge on any atom is 0.225 e. The van der Waals surface area contributed by atoms with Crippen LogP contribution in [0, 0.1) is 5.92 Å². The third-order valence-corrected chi connectivity index (χ3v) is 6.36. The first kappa shape index (κ1) is 21.5. The van der Waals surface area contributed by atoms with Gasteiger partial charge in [-0.1, -0.05) is 60.7 Å². The Morgan fingerprint density at radius 2 is 1.65 bits per heavy atom. The van der Waals surface area contributed by atoms with E-state index in [2.05, 4.69) is 34.3 Å². The summed E-state index contributed by atoms with van der Waals surface area (Å²) in [5.74, 6) is -0.263. The van der Waals surface area contributed by atoms with E-state index in [-0.39, 0.29) is 30.2 Å². The Balaban J connectivity index is 1.39. The molecule has 6 heteroatoms. The number of nitrogens with zero attached hydrogens (tertiary/aromatic N) is 3. The molecule has 2 unspecified atom stereocenters. The number of benzene rings is 2. The molecule has 31 heavy (non-hydrogen) atoms. The third-order valence-electron chi connectivity index (χ3n) is 6.36. The second-order valence-corrected chi connectivity index (χ2v) is 8.74. The molecule has 6 nitrogen and oxygen atoms in total. The Kier molecular flexibility index (Phi) is 6.99. The van der Waals surface area contributed by atoms with E-state index in [0.717, 1.165) is 43.9 Å². The van der Waals surface area contributed by atoms with Crippen molar-refractivity contribution in [2.45, 2.75) is 19.0 Å². The Morgan fingerprint density at radius 1 is 1.00 bits per heavy atom. The van der Waals surface area contributed by atoms with E-state index in [1.807, 2.05) is 48.5 Å². The Hall–Kier alpha value is -2.70. The van der Waals surface area contributed by atoms with Crippen LogP contribution in [0.5, 0.6) is 0 Å². The smallest absolute Gasteiger partial charge is 0.225 e. The van der Waals surface area contributed by atoms with Crippen molar-refractivity contribution in [3.8, 4) is 0 Å². The molecule has 0 aliphatic carbocycles. The summed E-state index contributed by atoms with van der Waals surface area (Å²) in [6.07, 6.45) is 0.286. The van der Waals surface area contributed by atoms with Crippen LogP contribution in [0.1, 0.15) is 23.6 Å². The van der Waals surface area contributed by atoms with Crippen molar-refractivity contribution in [2.24, 2.45) is 5.92 Å². The lowest BCUT2D eigenvalue weighted by molar-refractivity contribution is -0.129. The van der Waals surface area contributed by atoms with Gasteiger partial charge in [-0.05, 0) is 18.2 Å². The van der Waals surface area contributed by atoms with E-state index in [1.165, 1.54) is 0 Å².